The molecule has 0 amide bonds. The molecule has 2 saturated carbocycles. The first kappa shape index (κ1) is 9.77. The summed E-state index contributed by atoms with van der Waals surface area (Å²) in [7, 11) is 0. The predicted molar refractivity (Wildman–Crippen MR) is 57.4 cm³/mol. The summed E-state index contributed by atoms with van der Waals surface area (Å²) in [5, 5.41) is 8.58. The zero-order valence-corrected chi connectivity index (χ0v) is 9.33. The lowest BCUT2D eigenvalue weighted by molar-refractivity contribution is 0.285. The van der Waals surface area contributed by atoms with Crippen molar-refractivity contribution >= 4 is 0 Å². The fourth-order valence-corrected chi connectivity index (χ4v) is 3.55. The first-order chi connectivity index (χ1) is 6.59. The van der Waals surface area contributed by atoms with Crippen molar-refractivity contribution in [3.63, 3.8) is 0 Å². The fraction of sp³-hybridized carbons (Fsp3) is 0.769. The Balaban J connectivity index is 2.14. The third-order valence-corrected chi connectivity index (χ3v) is 4.54. The van der Waals surface area contributed by atoms with Crippen molar-refractivity contribution in [3.05, 3.63) is 12.2 Å². The average molecular weight is 189 g/mol. The highest BCUT2D eigenvalue weighted by Gasteiger charge is 2.62. The first-order valence-corrected chi connectivity index (χ1v) is 5.65. The van der Waals surface area contributed by atoms with E-state index < -0.39 is 0 Å². The summed E-state index contributed by atoms with van der Waals surface area (Å²) in [5.74, 6) is 3.19. The second-order valence-electron chi connectivity index (χ2n) is 5.57. The molecule has 1 unspecified atom stereocenters. The van der Waals surface area contributed by atoms with Gasteiger partial charge in [-0.05, 0) is 41.9 Å². The molecule has 0 bridgehead atoms. The van der Waals surface area contributed by atoms with Crippen LogP contribution in [0.25, 0.3) is 0 Å². The molecule has 1 heteroatoms. The van der Waals surface area contributed by atoms with Crippen molar-refractivity contribution in [2.24, 2.45) is 29.1 Å². The van der Waals surface area contributed by atoms with E-state index in [1.54, 1.807) is 6.08 Å². The molecule has 1 nitrogen and oxygen atoms in total. The number of hydrogen-bond donors (Lipinski definition) is 0. The average Bonchev–Trinajstić information content (AvgIpc) is 2.68. The van der Waals surface area contributed by atoms with Crippen molar-refractivity contribution in [2.45, 2.75) is 33.6 Å². The Morgan fingerprint density at radius 1 is 1.36 bits per heavy atom. The van der Waals surface area contributed by atoms with Crippen molar-refractivity contribution in [1.82, 2.24) is 0 Å². The molecule has 2 fully saturated rings. The van der Waals surface area contributed by atoms with Gasteiger partial charge in [0, 0.05) is 6.08 Å². The summed E-state index contributed by atoms with van der Waals surface area (Å²) in [6.07, 6.45) is 6.56. The summed E-state index contributed by atoms with van der Waals surface area (Å²) in [6.45, 7) is 7.10. The van der Waals surface area contributed by atoms with Gasteiger partial charge in [0.05, 0.1) is 6.07 Å². The molecule has 0 N–H and O–H groups in total. The molecule has 0 aromatic rings. The highest BCUT2D eigenvalue weighted by atomic mass is 14.7. The Hall–Kier alpha value is -0.770. The minimum atomic E-state index is 0.537. The van der Waals surface area contributed by atoms with Crippen molar-refractivity contribution in [3.8, 4) is 6.07 Å². The van der Waals surface area contributed by atoms with Gasteiger partial charge in [0.15, 0.2) is 0 Å². The number of allylic oxidation sites excluding steroid dienone is 2. The molecule has 76 valence electrons. The molecule has 0 aromatic heterocycles. The van der Waals surface area contributed by atoms with Crippen LogP contribution in [0, 0.1) is 40.4 Å². The SMILES string of the molecule is C[C@H]1CCC2[C@@H]([C@H]1C=CC#N)C2(C)C. The van der Waals surface area contributed by atoms with E-state index in [0.29, 0.717) is 11.3 Å². The van der Waals surface area contributed by atoms with E-state index in [2.05, 4.69) is 32.9 Å². The standard InChI is InChI=1S/C13H19N/c1-9-6-7-11-12(13(11,2)3)10(9)5-4-8-14/h4-5,9-12H,6-7H2,1-3H3/t9-,10-,11?,12+/m0/s1. The van der Waals surface area contributed by atoms with Gasteiger partial charge in [-0.2, -0.15) is 5.26 Å². The Kier molecular flexibility index (Phi) is 2.18. The second-order valence-corrected chi connectivity index (χ2v) is 5.57. The molecule has 0 spiro atoms. The van der Waals surface area contributed by atoms with Crippen LogP contribution in [0.15, 0.2) is 12.2 Å². The molecule has 4 atom stereocenters. The van der Waals surface area contributed by atoms with Gasteiger partial charge in [-0.3, -0.25) is 0 Å². The summed E-state index contributed by atoms with van der Waals surface area (Å²) in [4.78, 5) is 0. The first-order valence-electron chi connectivity index (χ1n) is 5.65. The molecule has 2 aliphatic rings. The van der Waals surface area contributed by atoms with E-state index in [-0.39, 0.29) is 0 Å². The molecule has 0 saturated heterocycles. The molecule has 0 heterocycles. The van der Waals surface area contributed by atoms with E-state index in [4.69, 9.17) is 5.26 Å². The van der Waals surface area contributed by atoms with E-state index in [9.17, 15) is 0 Å². The zero-order valence-electron chi connectivity index (χ0n) is 9.33. The minimum Gasteiger partial charge on any atom is -0.193 e. The van der Waals surface area contributed by atoms with Crippen molar-refractivity contribution < 1.29 is 0 Å². The lowest BCUT2D eigenvalue weighted by Crippen LogP contribution is -2.17. The van der Waals surface area contributed by atoms with Crippen LogP contribution >= 0.6 is 0 Å². The highest BCUT2D eigenvalue weighted by molar-refractivity contribution is 5.17. The summed E-state index contributed by atoms with van der Waals surface area (Å²) in [6, 6.07) is 2.12. The third-order valence-electron chi connectivity index (χ3n) is 4.54. The molecule has 0 aromatic carbocycles. The molecule has 14 heavy (non-hydrogen) atoms. The Bertz CT molecular complexity index is 295. The van der Waals surface area contributed by atoms with Gasteiger partial charge < -0.3 is 0 Å². The van der Waals surface area contributed by atoms with Gasteiger partial charge >= 0.3 is 0 Å². The van der Waals surface area contributed by atoms with E-state index >= 15 is 0 Å². The third kappa shape index (κ3) is 1.29. The van der Waals surface area contributed by atoms with Crippen molar-refractivity contribution in [2.75, 3.05) is 0 Å². The Morgan fingerprint density at radius 2 is 2.07 bits per heavy atom. The van der Waals surface area contributed by atoms with E-state index in [0.717, 1.165) is 17.8 Å². The zero-order chi connectivity index (χ0) is 10.3. The lowest BCUT2D eigenvalue weighted by atomic mass is 9.80. The molecular weight excluding hydrogens is 170 g/mol. The topological polar surface area (TPSA) is 23.8 Å². The minimum absolute atomic E-state index is 0.537. The van der Waals surface area contributed by atoms with Crippen LogP contribution in [-0.4, -0.2) is 0 Å². The monoisotopic (exact) mass is 189 g/mol. The number of fused-ring (bicyclic) bond motifs is 1. The number of hydrogen-bond acceptors (Lipinski definition) is 1. The molecule has 2 aliphatic carbocycles. The van der Waals surface area contributed by atoms with Gasteiger partial charge in [0.1, 0.15) is 0 Å². The largest absolute Gasteiger partial charge is 0.193 e. The van der Waals surface area contributed by atoms with Gasteiger partial charge in [0.25, 0.3) is 0 Å². The van der Waals surface area contributed by atoms with E-state index in [1.165, 1.54) is 12.8 Å². The van der Waals surface area contributed by atoms with Gasteiger partial charge in [-0.15, -0.1) is 0 Å². The predicted octanol–water partition coefficient (Wildman–Crippen LogP) is 3.38. The van der Waals surface area contributed by atoms with Crippen LogP contribution < -0.4 is 0 Å². The maximum atomic E-state index is 8.58. The van der Waals surface area contributed by atoms with Crippen LogP contribution in [0.2, 0.25) is 0 Å². The van der Waals surface area contributed by atoms with Crippen LogP contribution in [0.3, 0.4) is 0 Å². The van der Waals surface area contributed by atoms with Crippen LogP contribution in [-0.2, 0) is 0 Å². The summed E-state index contributed by atoms with van der Waals surface area (Å²) < 4.78 is 0. The Morgan fingerprint density at radius 3 is 2.71 bits per heavy atom. The molecule has 0 aliphatic heterocycles. The maximum Gasteiger partial charge on any atom is 0.0908 e. The number of nitrogens with zero attached hydrogens (tertiary/aromatic N) is 1. The lowest BCUT2D eigenvalue weighted by Gasteiger charge is -2.25. The van der Waals surface area contributed by atoms with Crippen LogP contribution in [0.5, 0.6) is 0 Å². The van der Waals surface area contributed by atoms with Crippen LogP contribution in [0.1, 0.15) is 33.6 Å². The molecule has 0 radical (unpaired) electrons. The van der Waals surface area contributed by atoms with Crippen molar-refractivity contribution in [1.29, 1.82) is 5.26 Å². The summed E-state index contributed by atoms with van der Waals surface area (Å²) >= 11 is 0. The molecule has 2 rings (SSSR count). The maximum absolute atomic E-state index is 8.58. The fourth-order valence-electron chi connectivity index (χ4n) is 3.55. The van der Waals surface area contributed by atoms with Gasteiger partial charge in [0.2, 0.25) is 0 Å². The summed E-state index contributed by atoms with van der Waals surface area (Å²) in [5.41, 5.74) is 0.537. The van der Waals surface area contributed by atoms with Gasteiger partial charge in [-0.1, -0.05) is 26.8 Å². The highest BCUT2D eigenvalue weighted by Crippen LogP contribution is 2.68. The molecular formula is C13H19N. The normalized spacial score (nSPS) is 44.4. The van der Waals surface area contributed by atoms with Crippen LogP contribution in [0.4, 0.5) is 0 Å². The number of nitriles is 1. The van der Waals surface area contributed by atoms with Gasteiger partial charge in [-0.25, -0.2) is 0 Å². The van der Waals surface area contributed by atoms with E-state index in [1.807, 2.05) is 0 Å². The Labute approximate surface area is 86.8 Å². The second kappa shape index (κ2) is 3.12. The number of rotatable bonds is 1. The smallest absolute Gasteiger partial charge is 0.0908 e. The quantitative estimate of drug-likeness (QED) is 0.580.